The van der Waals surface area contributed by atoms with Gasteiger partial charge in [0.25, 0.3) is 0 Å². The van der Waals surface area contributed by atoms with Crippen LogP contribution in [0.5, 0.6) is 0 Å². The Morgan fingerprint density at radius 1 is 1.45 bits per heavy atom. The second kappa shape index (κ2) is 5.81. The lowest BCUT2D eigenvalue weighted by Crippen LogP contribution is -2.45. The van der Waals surface area contributed by atoms with Gasteiger partial charge in [-0.2, -0.15) is 4.31 Å². The van der Waals surface area contributed by atoms with Gasteiger partial charge in [-0.05, 0) is 37.0 Å². The molecule has 20 heavy (non-hydrogen) atoms. The standard InChI is InChI=1S/C14H22N2O3S/c1-10-6-7-16(9-14(10)17)20(18,19)13-5-3-4-12(8-13)11(2)15/h3-5,8,10-11,14,17H,6-7,9,15H2,1-2H3. The molecule has 3 unspecified atom stereocenters. The fraction of sp³-hybridized carbons (Fsp3) is 0.571. The van der Waals surface area contributed by atoms with Crippen LogP contribution in [0.1, 0.15) is 31.9 Å². The molecular formula is C14H22N2O3S. The number of hydrogen-bond acceptors (Lipinski definition) is 4. The first-order chi connectivity index (χ1) is 9.32. The van der Waals surface area contributed by atoms with Crippen molar-refractivity contribution in [3.63, 3.8) is 0 Å². The minimum absolute atomic E-state index is 0.136. The zero-order chi connectivity index (χ0) is 14.9. The molecule has 1 aliphatic rings. The number of sulfonamides is 1. The molecule has 1 saturated heterocycles. The maximum Gasteiger partial charge on any atom is 0.243 e. The highest BCUT2D eigenvalue weighted by Crippen LogP contribution is 2.25. The number of nitrogens with zero attached hydrogens (tertiary/aromatic N) is 1. The van der Waals surface area contributed by atoms with Gasteiger partial charge in [-0.15, -0.1) is 0 Å². The minimum Gasteiger partial charge on any atom is -0.391 e. The molecule has 1 fully saturated rings. The fourth-order valence-corrected chi connectivity index (χ4v) is 3.87. The molecule has 1 heterocycles. The monoisotopic (exact) mass is 298 g/mol. The molecule has 0 radical (unpaired) electrons. The van der Waals surface area contributed by atoms with Gasteiger partial charge in [-0.1, -0.05) is 19.1 Å². The van der Waals surface area contributed by atoms with E-state index in [4.69, 9.17) is 5.73 Å². The van der Waals surface area contributed by atoms with Crippen LogP contribution in [-0.2, 0) is 10.0 Å². The molecular weight excluding hydrogens is 276 g/mol. The van der Waals surface area contributed by atoms with E-state index in [2.05, 4.69) is 0 Å². The number of benzene rings is 1. The maximum atomic E-state index is 12.6. The number of aliphatic hydroxyl groups excluding tert-OH is 1. The normalized spacial score (nSPS) is 26.4. The summed E-state index contributed by atoms with van der Waals surface area (Å²) in [7, 11) is -3.56. The van der Waals surface area contributed by atoms with Crippen LogP contribution in [0, 0.1) is 5.92 Å². The first kappa shape index (κ1) is 15.4. The van der Waals surface area contributed by atoms with Gasteiger partial charge in [0.1, 0.15) is 0 Å². The lowest BCUT2D eigenvalue weighted by atomic mass is 9.98. The second-order valence-corrected chi connectivity index (χ2v) is 7.50. The van der Waals surface area contributed by atoms with Crippen LogP contribution < -0.4 is 5.73 Å². The number of β-amino-alcohol motifs (C(OH)–C–C–N with tert-alkyl or cyclic N) is 1. The summed E-state index contributed by atoms with van der Waals surface area (Å²) in [5.41, 5.74) is 6.59. The number of hydrogen-bond donors (Lipinski definition) is 2. The van der Waals surface area contributed by atoms with Gasteiger partial charge in [-0.25, -0.2) is 8.42 Å². The van der Waals surface area contributed by atoms with Crippen LogP contribution in [0.4, 0.5) is 0 Å². The topological polar surface area (TPSA) is 83.6 Å². The van der Waals surface area contributed by atoms with Crippen LogP contribution in [0.25, 0.3) is 0 Å². The van der Waals surface area contributed by atoms with E-state index in [0.29, 0.717) is 13.0 Å². The molecule has 1 aliphatic heterocycles. The molecule has 112 valence electrons. The summed E-state index contributed by atoms with van der Waals surface area (Å²) < 4.78 is 26.5. The van der Waals surface area contributed by atoms with Crippen LogP contribution in [0.2, 0.25) is 0 Å². The van der Waals surface area contributed by atoms with Crippen LogP contribution >= 0.6 is 0 Å². The average molecular weight is 298 g/mol. The third-order valence-electron chi connectivity index (χ3n) is 3.90. The molecule has 0 amide bonds. The van der Waals surface area contributed by atoms with Crippen molar-refractivity contribution in [1.82, 2.24) is 4.31 Å². The van der Waals surface area contributed by atoms with Gasteiger partial charge < -0.3 is 10.8 Å². The van der Waals surface area contributed by atoms with Crippen molar-refractivity contribution in [3.8, 4) is 0 Å². The van der Waals surface area contributed by atoms with Gasteiger partial charge in [0.15, 0.2) is 0 Å². The van der Waals surface area contributed by atoms with Crippen molar-refractivity contribution in [2.45, 2.75) is 37.3 Å². The SMILES string of the molecule is CC(N)c1cccc(S(=O)(=O)N2CCC(C)C(O)C2)c1. The Labute approximate surface area is 120 Å². The van der Waals surface area contributed by atoms with E-state index in [9.17, 15) is 13.5 Å². The van der Waals surface area contributed by atoms with Crippen molar-refractivity contribution in [2.24, 2.45) is 11.7 Å². The smallest absolute Gasteiger partial charge is 0.243 e. The molecule has 0 bridgehead atoms. The molecule has 3 atom stereocenters. The van der Waals surface area contributed by atoms with Crippen molar-refractivity contribution >= 4 is 10.0 Å². The highest BCUT2D eigenvalue weighted by Gasteiger charge is 2.32. The van der Waals surface area contributed by atoms with E-state index in [-0.39, 0.29) is 23.4 Å². The van der Waals surface area contributed by atoms with E-state index in [1.54, 1.807) is 18.2 Å². The van der Waals surface area contributed by atoms with Gasteiger partial charge in [0.2, 0.25) is 10.0 Å². The van der Waals surface area contributed by atoms with Crippen LogP contribution in [-0.4, -0.2) is 37.0 Å². The Kier molecular flexibility index (Phi) is 4.49. The van der Waals surface area contributed by atoms with E-state index in [1.165, 1.54) is 4.31 Å². The zero-order valence-corrected chi connectivity index (χ0v) is 12.7. The summed E-state index contributed by atoms with van der Waals surface area (Å²) >= 11 is 0. The highest BCUT2D eigenvalue weighted by molar-refractivity contribution is 7.89. The maximum absolute atomic E-state index is 12.6. The highest BCUT2D eigenvalue weighted by atomic mass is 32.2. The quantitative estimate of drug-likeness (QED) is 0.875. The summed E-state index contributed by atoms with van der Waals surface area (Å²) in [5.74, 6) is 0.136. The van der Waals surface area contributed by atoms with Crippen molar-refractivity contribution < 1.29 is 13.5 Å². The van der Waals surface area contributed by atoms with E-state index < -0.39 is 16.1 Å². The van der Waals surface area contributed by atoms with Gasteiger partial charge in [0.05, 0.1) is 11.0 Å². The number of rotatable bonds is 3. The Morgan fingerprint density at radius 3 is 2.75 bits per heavy atom. The lowest BCUT2D eigenvalue weighted by Gasteiger charge is -2.33. The predicted octanol–water partition coefficient (Wildman–Crippen LogP) is 1.10. The summed E-state index contributed by atoms with van der Waals surface area (Å²) in [5, 5.41) is 9.88. The number of nitrogens with two attached hydrogens (primary N) is 1. The third-order valence-corrected chi connectivity index (χ3v) is 5.76. The molecule has 6 heteroatoms. The zero-order valence-electron chi connectivity index (χ0n) is 11.9. The van der Waals surface area contributed by atoms with E-state index in [1.807, 2.05) is 19.9 Å². The van der Waals surface area contributed by atoms with E-state index in [0.717, 1.165) is 5.56 Å². The molecule has 1 aromatic carbocycles. The fourth-order valence-electron chi connectivity index (χ4n) is 2.35. The summed E-state index contributed by atoms with van der Waals surface area (Å²) in [6.07, 6.45) is 0.0723. The molecule has 0 saturated carbocycles. The Hall–Kier alpha value is -0.950. The Balaban J connectivity index is 2.28. The molecule has 1 aromatic rings. The Bertz CT molecular complexity index is 572. The van der Waals surface area contributed by atoms with Crippen molar-refractivity contribution in [3.05, 3.63) is 29.8 Å². The van der Waals surface area contributed by atoms with Crippen molar-refractivity contribution in [2.75, 3.05) is 13.1 Å². The first-order valence-corrected chi connectivity index (χ1v) is 8.30. The predicted molar refractivity (Wildman–Crippen MR) is 77.6 cm³/mol. The van der Waals surface area contributed by atoms with Crippen molar-refractivity contribution in [1.29, 1.82) is 0 Å². The molecule has 5 nitrogen and oxygen atoms in total. The average Bonchev–Trinajstić information content (AvgIpc) is 2.42. The molecule has 0 spiro atoms. The third kappa shape index (κ3) is 3.03. The van der Waals surface area contributed by atoms with Gasteiger partial charge in [0, 0.05) is 19.1 Å². The van der Waals surface area contributed by atoms with Crippen LogP contribution in [0.15, 0.2) is 29.2 Å². The summed E-state index contributed by atoms with van der Waals surface area (Å²) in [6, 6.07) is 6.50. The molecule has 0 aliphatic carbocycles. The molecule has 2 rings (SSSR count). The number of aliphatic hydroxyl groups is 1. The summed E-state index contributed by atoms with van der Waals surface area (Å²) in [6.45, 7) is 4.36. The van der Waals surface area contributed by atoms with Gasteiger partial charge >= 0.3 is 0 Å². The minimum atomic E-state index is -3.56. The van der Waals surface area contributed by atoms with Gasteiger partial charge in [-0.3, -0.25) is 0 Å². The summed E-state index contributed by atoms with van der Waals surface area (Å²) in [4.78, 5) is 0.244. The first-order valence-electron chi connectivity index (χ1n) is 6.86. The van der Waals surface area contributed by atoms with Crippen LogP contribution in [0.3, 0.4) is 0 Å². The molecule has 0 aromatic heterocycles. The Morgan fingerprint density at radius 2 is 2.15 bits per heavy atom. The number of piperidine rings is 1. The molecule has 3 N–H and O–H groups in total. The largest absolute Gasteiger partial charge is 0.391 e. The second-order valence-electron chi connectivity index (χ2n) is 5.56. The lowest BCUT2D eigenvalue weighted by molar-refractivity contribution is 0.0605. The van der Waals surface area contributed by atoms with E-state index >= 15 is 0 Å².